The summed E-state index contributed by atoms with van der Waals surface area (Å²) in [5.74, 6) is 1.68. The van der Waals surface area contributed by atoms with Crippen LogP contribution in [-0.2, 0) is 0 Å². The largest absolute Gasteiger partial charge is 0.497 e. The highest BCUT2D eigenvalue weighted by molar-refractivity contribution is 6.30. The summed E-state index contributed by atoms with van der Waals surface area (Å²) in [5, 5.41) is 11.3. The van der Waals surface area contributed by atoms with E-state index in [-0.39, 0.29) is 11.9 Å². The first kappa shape index (κ1) is 19.3. The summed E-state index contributed by atoms with van der Waals surface area (Å²) in [6.07, 6.45) is 1.74. The number of methoxy groups -OCH3 is 1. The fourth-order valence-corrected chi connectivity index (χ4v) is 3.73. The van der Waals surface area contributed by atoms with Crippen molar-refractivity contribution in [2.75, 3.05) is 25.1 Å². The van der Waals surface area contributed by atoms with Crippen molar-refractivity contribution in [3.8, 4) is 17.0 Å². The van der Waals surface area contributed by atoms with E-state index in [1.54, 1.807) is 31.4 Å². The molecule has 0 bridgehead atoms. The van der Waals surface area contributed by atoms with E-state index in [0.29, 0.717) is 10.6 Å². The zero-order valence-corrected chi connectivity index (χ0v) is 16.9. The van der Waals surface area contributed by atoms with Crippen LogP contribution in [0.5, 0.6) is 5.75 Å². The molecule has 7 heteroatoms. The van der Waals surface area contributed by atoms with Crippen LogP contribution in [0, 0.1) is 0 Å². The van der Waals surface area contributed by atoms with Crippen LogP contribution in [-0.4, -0.2) is 42.3 Å². The van der Waals surface area contributed by atoms with Crippen LogP contribution in [0.15, 0.2) is 54.6 Å². The topological polar surface area (TPSA) is 70.2 Å². The Balaban J connectivity index is 1.34. The first-order valence-corrected chi connectivity index (χ1v) is 10.0. The van der Waals surface area contributed by atoms with E-state index < -0.39 is 0 Å². The molecule has 29 heavy (non-hydrogen) atoms. The second-order valence-electron chi connectivity index (χ2n) is 7.11. The van der Waals surface area contributed by atoms with Gasteiger partial charge in [0.1, 0.15) is 5.75 Å². The smallest absolute Gasteiger partial charge is 0.251 e. The van der Waals surface area contributed by atoms with E-state index in [2.05, 4.69) is 26.5 Å². The molecular formula is C22H23ClN4O2. The molecule has 1 amide bonds. The van der Waals surface area contributed by atoms with Gasteiger partial charge in [0.25, 0.3) is 5.91 Å². The lowest BCUT2D eigenvalue weighted by molar-refractivity contribution is 0.0931. The highest BCUT2D eigenvalue weighted by atomic mass is 35.5. The lowest BCUT2D eigenvalue weighted by Crippen LogP contribution is -2.44. The molecule has 1 saturated heterocycles. The molecule has 0 spiro atoms. The molecular weight excluding hydrogens is 388 g/mol. The van der Waals surface area contributed by atoms with E-state index in [4.69, 9.17) is 16.3 Å². The van der Waals surface area contributed by atoms with Gasteiger partial charge in [0.05, 0.1) is 12.8 Å². The normalized spacial score (nSPS) is 14.6. The number of carbonyl (C=O) groups is 1. The van der Waals surface area contributed by atoms with Crippen LogP contribution in [0.2, 0.25) is 5.02 Å². The number of hydrogen-bond donors (Lipinski definition) is 2. The molecule has 3 aromatic rings. The Morgan fingerprint density at radius 2 is 1.93 bits per heavy atom. The minimum Gasteiger partial charge on any atom is -0.497 e. The summed E-state index contributed by atoms with van der Waals surface area (Å²) in [4.78, 5) is 14.7. The van der Waals surface area contributed by atoms with Crippen molar-refractivity contribution in [1.29, 1.82) is 0 Å². The minimum atomic E-state index is -0.0764. The van der Waals surface area contributed by atoms with E-state index >= 15 is 0 Å². The summed E-state index contributed by atoms with van der Waals surface area (Å²) < 4.78 is 5.21. The highest BCUT2D eigenvalue weighted by Crippen LogP contribution is 2.25. The number of nitrogens with one attached hydrogen (secondary N) is 2. The van der Waals surface area contributed by atoms with Gasteiger partial charge >= 0.3 is 0 Å². The van der Waals surface area contributed by atoms with E-state index in [1.807, 2.05) is 24.3 Å². The molecule has 1 aliphatic heterocycles. The fourth-order valence-electron chi connectivity index (χ4n) is 3.54. The third-order valence-electron chi connectivity index (χ3n) is 5.21. The average Bonchev–Trinajstić information content (AvgIpc) is 3.24. The van der Waals surface area contributed by atoms with E-state index in [1.165, 1.54) is 0 Å². The van der Waals surface area contributed by atoms with Crippen molar-refractivity contribution < 1.29 is 9.53 Å². The maximum atomic E-state index is 12.4. The molecule has 6 nitrogen and oxygen atoms in total. The number of hydrogen-bond acceptors (Lipinski definition) is 4. The Morgan fingerprint density at radius 1 is 1.17 bits per heavy atom. The molecule has 0 aliphatic carbocycles. The van der Waals surface area contributed by atoms with Crippen LogP contribution in [0.1, 0.15) is 23.2 Å². The van der Waals surface area contributed by atoms with Gasteiger partial charge in [0.15, 0.2) is 5.82 Å². The predicted octanol–water partition coefficient (Wildman–Crippen LogP) is 4.14. The molecule has 1 fully saturated rings. The van der Waals surface area contributed by atoms with Gasteiger partial charge in [0.2, 0.25) is 0 Å². The van der Waals surface area contributed by atoms with E-state index in [0.717, 1.165) is 48.8 Å². The molecule has 1 aromatic heterocycles. The third-order valence-corrected chi connectivity index (χ3v) is 5.44. The van der Waals surface area contributed by atoms with Crippen molar-refractivity contribution in [3.05, 3.63) is 65.2 Å². The lowest BCUT2D eigenvalue weighted by atomic mass is 10.0. The molecule has 2 aromatic carbocycles. The van der Waals surface area contributed by atoms with Gasteiger partial charge in [-0.3, -0.25) is 9.89 Å². The number of carbonyl (C=O) groups excluding carboxylic acids is 1. The number of ether oxygens (including phenoxy) is 1. The Hall–Kier alpha value is -2.99. The number of anilines is 1. The van der Waals surface area contributed by atoms with Gasteiger partial charge < -0.3 is 15.0 Å². The number of nitrogens with zero attached hydrogens (tertiary/aromatic N) is 2. The molecule has 0 radical (unpaired) electrons. The summed E-state index contributed by atoms with van der Waals surface area (Å²) in [6.45, 7) is 1.68. The van der Waals surface area contributed by atoms with Gasteiger partial charge in [-0.1, -0.05) is 17.7 Å². The molecule has 0 unspecified atom stereocenters. The number of piperidine rings is 1. The molecule has 2 N–H and O–H groups in total. The number of benzene rings is 2. The zero-order chi connectivity index (χ0) is 20.2. The quantitative estimate of drug-likeness (QED) is 0.663. The average molecular weight is 411 g/mol. The fraction of sp³-hybridized carbons (Fsp3) is 0.273. The molecule has 150 valence electrons. The third kappa shape index (κ3) is 4.54. The van der Waals surface area contributed by atoms with Crippen molar-refractivity contribution in [2.45, 2.75) is 18.9 Å². The van der Waals surface area contributed by atoms with Gasteiger partial charge in [-0.05, 0) is 60.9 Å². The number of H-pyrrole nitrogens is 1. The number of rotatable bonds is 5. The number of aromatic nitrogens is 2. The Kier molecular flexibility index (Phi) is 5.71. The molecule has 0 saturated carbocycles. The zero-order valence-electron chi connectivity index (χ0n) is 16.2. The first-order chi connectivity index (χ1) is 14.1. The summed E-state index contributed by atoms with van der Waals surface area (Å²) >= 11 is 5.98. The van der Waals surface area contributed by atoms with Crippen LogP contribution >= 0.6 is 11.6 Å². The highest BCUT2D eigenvalue weighted by Gasteiger charge is 2.23. The summed E-state index contributed by atoms with van der Waals surface area (Å²) in [6, 6.07) is 17.1. The SMILES string of the molecule is COc1ccc(-c2cc(N3CCC(NC(=O)c4cccc(Cl)c4)CC3)n[nH]2)cc1. The molecule has 2 heterocycles. The van der Waals surface area contributed by atoms with Crippen molar-refractivity contribution >= 4 is 23.3 Å². The number of amides is 1. The standard InChI is InChI=1S/C22H23ClN4O2/c1-29-19-7-5-15(6-8-19)20-14-21(26-25-20)27-11-9-18(10-12-27)24-22(28)16-3-2-4-17(23)13-16/h2-8,13-14,18H,9-12H2,1H3,(H,24,28)(H,25,26). The van der Waals surface area contributed by atoms with Crippen molar-refractivity contribution in [2.24, 2.45) is 0 Å². The first-order valence-electron chi connectivity index (χ1n) is 9.63. The second kappa shape index (κ2) is 8.57. The maximum absolute atomic E-state index is 12.4. The van der Waals surface area contributed by atoms with Crippen molar-refractivity contribution in [3.63, 3.8) is 0 Å². The van der Waals surface area contributed by atoms with E-state index in [9.17, 15) is 4.79 Å². The summed E-state index contributed by atoms with van der Waals surface area (Å²) in [5.41, 5.74) is 2.63. The monoisotopic (exact) mass is 410 g/mol. The molecule has 1 aliphatic rings. The van der Waals surface area contributed by atoms with Crippen LogP contribution in [0.3, 0.4) is 0 Å². The van der Waals surface area contributed by atoms with Gasteiger partial charge in [0, 0.05) is 35.8 Å². The van der Waals surface area contributed by atoms with Crippen LogP contribution in [0.4, 0.5) is 5.82 Å². The Bertz CT molecular complexity index is 978. The van der Waals surface area contributed by atoms with Crippen LogP contribution < -0.4 is 15.0 Å². The van der Waals surface area contributed by atoms with Gasteiger partial charge in [-0.2, -0.15) is 5.10 Å². The second-order valence-corrected chi connectivity index (χ2v) is 7.55. The maximum Gasteiger partial charge on any atom is 0.251 e. The number of halogens is 1. The van der Waals surface area contributed by atoms with Crippen molar-refractivity contribution in [1.82, 2.24) is 15.5 Å². The summed E-state index contributed by atoms with van der Waals surface area (Å²) in [7, 11) is 1.66. The Labute approximate surface area is 174 Å². The van der Waals surface area contributed by atoms with Gasteiger partial charge in [-0.15, -0.1) is 0 Å². The lowest BCUT2D eigenvalue weighted by Gasteiger charge is -2.32. The Morgan fingerprint density at radius 3 is 2.62 bits per heavy atom. The number of aromatic amines is 1. The minimum absolute atomic E-state index is 0.0764. The molecule has 4 rings (SSSR count). The predicted molar refractivity (Wildman–Crippen MR) is 115 cm³/mol. The van der Waals surface area contributed by atoms with Crippen LogP contribution in [0.25, 0.3) is 11.3 Å². The molecule has 0 atom stereocenters. The van der Waals surface area contributed by atoms with Gasteiger partial charge in [-0.25, -0.2) is 0 Å².